The molecule has 1 aliphatic carbocycles. The molecule has 2 rings (SSSR count). The zero-order chi connectivity index (χ0) is 9.42. The zero-order valence-corrected chi connectivity index (χ0v) is 8.17. The van der Waals surface area contributed by atoms with Gasteiger partial charge in [0.1, 0.15) is 0 Å². The lowest BCUT2D eigenvalue weighted by atomic mass is 9.96. The summed E-state index contributed by atoms with van der Waals surface area (Å²) in [6.45, 7) is 0. The third-order valence-corrected chi connectivity index (χ3v) is 2.61. The van der Waals surface area contributed by atoms with Gasteiger partial charge in [-0.15, -0.1) is 0 Å². The third-order valence-electron chi connectivity index (χ3n) is 1.92. The molecular formula is C10H5BrO2. The summed E-state index contributed by atoms with van der Waals surface area (Å²) in [7, 11) is 0. The van der Waals surface area contributed by atoms with Crippen molar-refractivity contribution in [1.82, 2.24) is 0 Å². The van der Waals surface area contributed by atoms with Crippen molar-refractivity contribution in [1.29, 1.82) is 0 Å². The van der Waals surface area contributed by atoms with Crippen LogP contribution in [-0.2, 0) is 4.79 Å². The number of ketones is 2. The molecule has 64 valence electrons. The maximum atomic E-state index is 11.3. The van der Waals surface area contributed by atoms with Gasteiger partial charge in [-0.2, -0.15) is 0 Å². The highest BCUT2D eigenvalue weighted by Crippen LogP contribution is 2.25. The fourth-order valence-electron chi connectivity index (χ4n) is 1.27. The molecule has 0 fully saturated rings. The average molecular weight is 237 g/mol. The molecule has 0 unspecified atom stereocenters. The van der Waals surface area contributed by atoms with E-state index in [1.807, 2.05) is 6.07 Å². The Bertz CT molecular complexity index is 433. The van der Waals surface area contributed by atoms with E-state index in [0.717, 1.165) is 10.0 Å². The van der Waals surface area contributed by atoms with Crippen LogP contribution in [0.15, 0.2) is 28.7 Å². The summed E-state index contributed by atoms with van der Waals surface area (Å²) in [4.78, 5) is 22.4. The Morgan fingerprint density at radius 2 is 1.85 bits per heavy atom. The van der Waals surface area contributed by atoms with E-state index in [0.29, 0.717) is 5.56 Å². The topological polar surface area (TPSA) is 34.1 Å². The molecular weight excluding hydrogens is 232 g/mol. The molecule has 0 radical (unpaired) electrons. The summed E-state index contributed by atoms with van der Waals surface area (Å²) >= 11 is 3.31. The van der Waals surface area contributed by atoms with Gasteiger partial charge >= 0.3 is 0 Å². The number of Topliss-reactive ketones (excluding diaryl/α,β-unsaturated/α-hetero) is 1. The molecule has 13 heavy (non-hydrogen) atoms. The summed E-state index contributed by atoms with van der Waals surface area (Å²) in [5.41, 5.74) is 1.26. The molecule has 0 saturated carbocycles. The van der Waals surface area contributed by atoms with Gasteiger partial charge in [0, 0.05) is 15.6 Å². The van der Waals surface area contributed by atoms with Crippen LogP contribution >= 0.6 is 15.9 Å². The summed E-state index contributed by atoms with van der Waals surface area (Å²) in [5, 5.41) is 0. The van der Waals surface area contributed by atoms with E-state index >= 15 is 0 Å². The summed E-state index contributed by atoms with van der Waals surface area (Å²) in [6, 6.07) is 5.24. The molecule has 1 aromatic carbocycles. The minimum atomic E-state index is -0.453. The number of rotatable bonds is 0. The lowest BCUT2D eigenvalue weighted by molar-refractivity contribution is -0.110. The van der Waals surface area contributed by atoms with Crippen LogP contribution in [0.5, 0.6) is 0 Å². The van der Waals surface area contributed by atoms with Gasteiger partial charge < -0.3 is 0 Å². The molecule has 0 aromatic heterocycles. The maximum Gasteiger partial charge on any atom is 0.233 e. The SMILES string of the molecule is O=C1C=Cc2c(Br)cccc2C1=O. The molecule has 1 aliphatic rings. The smallest absolute Gasteiger partial charge is 0.233 e. The number of fused-ring (bicyclic) bond motifs is 1. The van der Waals surface area contributed by atoms with E-state index in [4.69, 9.17) is 0 Å². The van der Waals surface area contributed by atoms with Crippen molar-refractivity contribution < 1.29 is 9.59 Å². The van der Waals surface area contributed by atoms with Gasteiger partial charge in [0.25, 0.3) is 0 Å². The Morgan fingerprint density at radius 3 is 2.62 bits per heavy atom. The monoisotopic (exact) mass is 236 g/mol. The van der Waals surface area contributed by atoms with Crippen molar-refractivity contribution >= 4 is 33.6 Å². The van der Waals surface area contributed by atoms with Gasteiger partial charge in [-0.25, -0.2) is 0 Å². The van der Waals surface area contributed by atoms with Crippen LogP contribution in [0.4, 0.5) is 0 Å². The molecule has 0 amide bonds. The lowest BCUT2D eigenvalue weighted by Crippen LogP contribution is -2.16. The predicted octanol–water partition coefficient (Wildman–Crippen LogP) is 2.23. The van der Waals surface area contributed by atoms with Crippen LogP contribution in [0, 0.1) is 0 Å². The van der Waals surface area contributed by atoms with Crippen molar-refractivity contribution in [2.24, 2.45) is 0 Å². The second-order valence-corrected chi connectivity index (χ2v) is 3.58. The van der Waals surface area contributed by atoms with E-state index < -0.39 is 11.6 Å². The van der Waals surface area contributed by atoms with E-state index in [-0.39, 0.29) is 0 Å². The Morgan fingerprint density at radius 1 is 1.08 bits per heavy atom. The standard InChI is InChI=1S/C10H5BrO2/c11-8-3-1-2-7-6(8)4-5-9(12)10(7)13/h1-5H. The quantitative estimate of drug-likeness (QED) is 0.648. The Labute approximate surface area is 83.4 Å². The highest BCUT2D eigenvalue weighted by molar-refractivity contribution is 9.10. The molecule has 0 saturated heterocycles. The Balaban J connectivity index is 2.72. The van der Waals surface area contributed by atoms with Crippen LogP contribution < -0.4 is 0 Å². The first-order valence-electron chi connectivity index (χ1n) is 3.75. The minimum Gasteiger partial charge on any atom is -0.286 e. The highest BCUT2D eigenvalue weighted by Gasteiger charge is 2.21. The van der Waals surface area contributed by atoms with Crippen molar-refractivity contribution in [3.05, 3.63) is 39.9 Å². The van der Waals surface area contributed by atoms with E-state index in [9.17, 15) is 9.59 Å². The van der Waals surface area contributed by atoms with E-state index in [2.05, 4.69) is 15.9 Å². The van der Waals surface area contributed by atoms with Crippen LogP contribution in [-0.4, -0.2) is 11.6 Å². The van der Waals surface area contributed by atoms with Gasteiger partial charge in [-0.3, -0.25) is 9.59 Å². The van der Waals surface area contributed by atoms with Gasteiger partial charge in [0.15, 0.2) is 0 Å². The predicted molar refractivity (Wildman–Crippen MR) is 52.5 cm³/mol. The van der Waals surface area contributed by atoms with Gasteiger partial charge in [0.2, 0.25) is 11.6 Å². The number of hydrogen-bond acceptors (Lipinski definition) is 2. The molecule has 0 bridgehead atoms. The molecule has 0 N–H and O–H groups in total. The summed E-state index contributed by atoms with van der Waals surface area (Å²) < 4.78 is 0.835. The van der Waals surface area contributed by atoms with Gasteiger partial charge in [-0.1, -0.05) is 28.1 Å². The van der Waals surface area contributed by atoms with E-state index in [1.165, 1.54) is 6.08 Å². The molecule has 0 heterocycles. The van der Waals surface area contributed by atoms with Crippen LogP contribution in [0.2, 0.25) is 0 Å². The number of halogens is 1. The molecule has 0 atom stereocenters. The zero-order valence-electron chi connectivity index (χ0n) is 6.58. The lowest BCUT2D eigenvalue weighted by Gasteiger charge is -2.08. The van der Waals surface area contributed by atoms with Gasteiger partial charge in [-0.05, 0) is 18.2 Å². The Kier molecular flexibility index (Phi) is 1.88. The van der Waals surface area contributed by atoms with Crippen LogP contribution in [0.25, 0.3) is 6.08 Å². The molecule has 0 spiro atoms. The fourth-order valence-corrected chi connectivity index (χ4v) is 1.77. The average Bonchev–Trinajstić information content (AvgIpc) is 2.12. The van der Waals surface area contributed by atoms with Crippen molar-refractivity contribution in [2.45, 2.75) is 0 Å². The molecule has 0 aliphatic heterocycles. The number of carbonyl (C=O) groups excluding carboxylic acids is 2. The minimum absolute atomic E-state index is 0.432. The van der Waals surface area contributed by atoms with Crippen molar-refractivity contribution in [2.75, 3.05) is 0 Å². The molecule has 2 nitrogen and oxygen atoms in total. The first-order chi connectivity index (χ1) is 6.20. The number of allylic oxidation sites excluding steroid dienone is 1. The second kappa shape index (κ2) is 2.92. The van der Waals surface area contributed by atoms with Crippen LogP contribution in [0.1, 0.15) is 15.9 Å². The van der Waals surface area contributed by atoms with Crippen molar-refractivity contribution in [3.63, 3.8) is 0 Å². The number of benzene rings is 1. The fraction of sp³-hybridized carbons (Fsp3) is 0. The summed E-state index contributed by atoms with van der Waals surface area (Å²) in [6.07, 6.45) is 2.96. The first-order valence-corrected chi connectivity index (χ1v) is 4.54. The van der Waals surface area contributed by atoms with Crippen LogP contribution in [0.3, 0.4) is 0 Å². The molecule has 3 heteroatoms. The second-order valence-electron chi connectivity index (χ2n) is 2.73. The largest absolute Gasteiger partial charge is 0.286 e. The van der Waals surface area contributed by atoms with E-state index in [1.54, 1.807) is 18.2 Å². The highest BCUT2D eigenvalue weighted by atomic mass is 79.9. The first kappa shape index (κ1) is 8.38. The third kappa shape index (κ3) is 1.25. The Hall–Kier alpha value is -1.22. The maximum absolute atomic E-state index is 11.3. The molecule has 1 aromatic rings. The normalized spacial score (nSPS) is 14.5. The van der Waals surface area contributed by atoms with Crippen molar-refractivity contribution in [3.8, 4) is 0 Å². The summed E-state index contributed by atoms with van der Waals surface area (Å²) in [5.74, 6) is -0.885. The van der Waals surface area contributed by atoms with Gasteiger partial charge in [0.05, 0.1) is 0 Å². The number of hydrogen-bond donors (Lipinski definition) is 0. The number of carbonyl (C=O) groups is 2.